The van der Waals surface area contributed by atoms with Crippen molar-refractivity contribution in [2.24, 2.45) is 5.92 Å². The van der Waals surface area contributed by atoms with Crippen LogP contribution in [0.5, 0.6) is 0 Å². The lowest BCUT2D eigenvalue weighted by Crippen LogP contribution is -2.34. The summed E-state index contributed by atoms with van der Waals surface area (Å²) in [6, 6.07) is 7.29. The quantitative estimate of drug-likeness (QED) is 0.910. The van der Waals surface area contributed by atoms with Gasteiger partial charge in [0.15, 0.2) is 0 Å². The Bertz CT molecular complexity index is 419. The number of nitrogens with zero attached hydrogens (tertiary/aromatic N) is 1. The second-order valence-corrected chi connectivity index (χ2v) is 6.62. The molecular weight excluding hydrogens is 300 g/mol. The number of benzene rings is 1. The number of likely N-dealkylation sites (tertiary alicyclic amines) is 1. The summed E-state index contributed by atoms with van der Waals surface area (Å²) in [4.78, 5) is 2.53. The lowest BCUT2D eigenvalue weighted by atomic mass is 9.89. The zero-order valence-corrected chi connectivity index (χ0v) is 13.8. The maximum Gasteiger partial charge on any atom is 0.0396 e. The van der Waals surface area contributed by atoms with Crippen molar-refractivity contribution < 1.29 is 0 Å². The number of rotatable bonds is 3. The monoisotopic (exact) mass is 324 g/mol. The molecule has 1 fully saturated rings. The molecule has 2 nitrogen and oxygen atoms in total. The molecule has 1 heterocycles. The highest BCUT2D eigenvalue weighted by molar-refractivity contribution is 9.10. The van der Waals surface area contributed by atoms with E-state index in [2.05, 4.69) is 65.4 Å². The molecule has 1 aromatic rings. The summed E-state index contributed by atoms with van der Waals surface area (Å²) >= 11 is 3.77. The number of hydrogen-bond acceptors (Lipinski definition) is 2. The predicted molar refractivity (Wildman–Crippen MR) is 85.5 cm³/mol. The van der Waals surface area contributed by atoms with E-state index in [0.717, 1.165) is 6.54 Å². The van der Waals surface area contributed by atoms with Crippen molar-refractivity contribution in [2.75, 3.05) is 27.2 Å². The summed E-state index contributed by atoms with van der Waals surface area (Å²) in [5, 5.41) is 3.37. The first-order chi connectivity index (χ1) is 9.13. The molecule has 19 heavy (non-hydrogen) atoms. The summed E-state index contributed by atoms with van der Waals surface area (Å²) in [5.74, 6) is 0.691. The second-order valence-electron chi connectivity index (χ2n) is 5.76. The largest absolute Gasteiger partial charge is 0.319 e. The van der Waals surface area contributed by atoms with Gasteiger partial charge in [0.2, 0.25) is 0 Å². The van der Waals surface area contributed by atoms with Gasteiger partial charge in [0.25, 0.3) is 0 Å². The maximum atomic E-state index is 3.77. The van der Waals surface area contributed by atoms with Crippen LogP contribution in [0.3, 0.4) is 0 Å². The summed E-state index contributed by atoms with van der Waals surface area (Å²) < 4.78 is 1.26. The van der Waals surface area contributed by atoms with E-state index in [1.165, 1.54) is 41.4 Å². The molecule has 1 saturated heterocycles. The van der Waals surface area contributed by atoms with Crippen LogP contribution in [0.25, 0.3) is 0 Å². The standard InChI is InChI=1S/C16H25BrN2/c1-12-7-8-14(15(17)10-12)16-13(11-18-2)6-4-5-9-19(16)3/h7-8,10,13,16,18H,4-6,9,11H2,1-3H3. The van der Waals surface area contributed by atoms with Crippen LogP contribution >= 0.6 is 15.9 Å². The van der Waals surface area contributed by atoms with Gasteiger partial charge in [-0.25, -0.2) is 0 Å². The Hall–Kier alpha value is -0.380. The molecular formula is C16H25BrN2. The minimum atomic E-state index is 0.518. The fourth-order valence-corrected chi connectivity index (χ4v) is 3.99. The van der Waals surface area contributed by atoms with E-state index in [9.17, 15) is 0 Å². The zero-order valence-electron chi connectivity index (χ0n) is 12.2. The van der Waals surface area contributed by atoms with Gasteiger partial charge >= 0.3 is 0 Å². The van der Waals surface area contributed by atoms with Gasteiger partial charge in [0, 0.05) is 10.5 Å². The van der Waals surface area contributed by atoms with Crippen LogP contribution in [0.1, 0.15) is 36.4 Å². The number of hydrogen-bond donors (Lipinski definition) is 1. The Morgan fingerprint density at radius 2 is 2.16 bits per heavy atom. The van der Waals surface area contributed by atoms with Gasteiger partial charge < -0.3 is 5.32 Å². The molecule has 2 unspecified atom stereocenters. The van der Waals surface area contributed by atoms with E-state index < -0.39 is 0 Å². The third-order valence-electron chi connectivity index (χ3n) is 4.20. The van der Waals surface area contributed by atoms with Crippen molar-refractivity contribution in [1.29, 1.82) is 0 Å². The molecule has 0 aromatic heterocycles. The molecule has 0 spiro atoms. The zero-order chi connectivity index (χ0) is 13.8. The van der Waals surface area contributed by atoms with E-state index in [-0.39, 0.29) is 0 Å². The molecule has 0 bridgehead atoms. The molecule has 0 aliphatic carbocycles. The van der Waals surface area contributed by atoms with Crippen molar-refractivity contribution in [3.8, 4) is 0 Å². The smallest absolute Gasteiger partial charge is 0.0396 e. The van der Waals surface area contributed by atoms with Crippen molar-refractivity contribution in [2.45, 2.75) is 32.2 Å². The van der Waals surface area contributed by atoms with Crippen LogP contribution in [0.2, 0.25) is 0 Å². The van der Waals surface area contributed by atoms with Crippen LogP contribution in [0.4, 0.5) is 0 Å². The van der Waals surface area contributed by atoms with Crippen LogP contribution < -0.4 is 5.32 Å². The molecule has 0 radical (unpaired) electrons. The Labute approximate surface area is 125 Å². The van der Waals surface area contributed by atoms with Gasteiger partial charge in [-0.1, -0.05) is 34.5 Å². The third kappa shape index (κ3) is 3.59. The fourth-order valence-electron chi connectivity index (χ4n) is 3.26. The molecule has 2 atom stereocenters. The summed E-state index contributed by atoms with van der Waals surface area (Å²) in [6.45, 7) is 4.44. The van der Waals surface area contributed by atoms with E-state index in [0.29, 0.717) is 12.0 Å². The SMILES string of the molecule is CNCC1CCCCN(C)C1c1ccc(C)cc1Br. The predicted octanol–water partition coefficient (Wildman–Crippen LogP) is 3.75. The minimum absolute atomic E-state index is 0.518. The van der Waals surface area contributed by atoms with Crippen molar-refractivity contribution >= 4 is 15.9 Å². The molecule has 0 saturated carbocycles. The van der Waals surface area contributed by atoms with E-state index in [1.807, 2.05) is 0 Å². The lowest BCUT2D eigenvalue weighted by Gasteiger charge is -2.33. The van der Waals surface area contributed by atoms with Crippen LogP contribution in [-0.4, -0.2) is 32.1 Å². The van der Waals surface area contributed by atoms with Gasteiger partial charge in [-0.15, -0.1) is 0 Å². The van der Waals surface area contributed by atoms with E-state index >= 15 is 0 Å². The number of nitrogens with one attached hydrogen (secondary N) is 1. The fraction of sp³-hybridized carbons (Fsp3) is 0.625. The molecule has 3 heteroatoms. The van der Waals surface area contributed by atoms with Gasteiger partial charge in [0.05, 0.1) is 0 Å². The summed E-state index contributed by atoms with van der Waals surface area (Å²) in [5.41, 5.74) is 2.76. The molecule has 2 rings (SSSR count). The minimum Gasteiger partial charge on any atom is -0.319 e. The highest BCUT2D eigenvalue weighted by atomic mass is 79.9. The first-order valence-electron chi connectivity index (χ1n) is 7.24. The Morgan fingerprint density at radius 1 is 1.37 bits per heavy atom. The van der Waals surface area contributed by atoms with Crippen LogP contribution in [0.15, 0.2) is 22.7 Å². The van der Waals surface area contributed by atoms with Crippen molar-refractivity contribution in [3.63, 3.8) is 0 Å². The molecule has 1 N–H and O–H groups in total. The first-order valence-corrected chi connectivity index (χ1v) is 8.03. The summed E-state index contributed by atoms with van der Waals surface area (Å²) in [7, 11) is 4.33. The Morgan fingerprint density at radius 3 is 2.84 bits per heavy atom. The first kappa shape index (κ1) is 15.0. The maximum absolute atomic E-state index is 3.77. The lowest BCUT2D eigenvalue weighted by molar-refractivity contribution is 0.190. The molecule has 1 aromatic carbocycles. The second kappa shape index (κ2) is 6.87. The highest BCUT2D eigenvalue weighted by Gasteiger charge is 2.29. The topological polar surface area (TPSA) is 15.3 Å². The third-order valence-corrected chi connectivity index (χ3v) is 4.88. The highest BCUT2D eigenvalue weighted by Crippen LogP contribution is 2.37. The Kier molecular flexibility index (Phi) is 5.43. The van der Waals surface area contributed by atoms with Gasteiger partial charge in [-0.2, -0.15) is 0 Å². The average molecular weight is 325 g/mol. The van der Waals surface area contributed by atoms with Crippen molar-refractivity contribution in [3.05, 3.63) is 33.8 Å². The Balaban J connectivity index is 2.34. The van der Waals surface area contributed by atoms with E-state index in [1.54, 1.807) is 0 Å². The van der Waals surface area contributed by atoms with Gasteiger partial charge in [-0.05, 0) is 70.1 Å². The molecule has 1 aliphatic heterocycles. The number of aryl methyl sites for hydroxylation is 1. The molecule has 0 amide bonds. The average Bonchev–Trinajstić information content (AvgIpc) is 2.53. The van der Waals surface area contributed by atoms with E-state index in [4.69, 9.17) is 0 Å². The summed E-state index contributed by atoms with van der Waals surface area (Å²) in [6.07, 6.45) is 3.98. The molecule has 106 valence electrons. The van der Waals surface area contributed by atoms with Crippen LogP contribution in [-0.2, 0) is 0 Å². The normalized spacial score (nSPS) is 25.3. The number of halogens is 1. The van der Waals surface area contributed by atoms with Gasteiger partial charge in [-0.3, -0.25) is 4.90 Å². The van der Waals surface area contributed by atoms with Gasteiger partial charge in [0.1, 0.15) is 0 Å². The molecule has 1 aliphatic rings. The van der Waals surface area contributed by atoms with Crippen molar-refractivity contribution in [1.82, 2.24) is 10.2 Å². The van der Waals surface area contributed by atoms with Crippen LogP contribution in [0, 0.1) is 12.8 Å².